The predicted molar refractivity (Wildman–Crippen MR) is 133 cm³/mol. The fourth-order valence-corrected chi connectivity index (χ4v) is 3.30. The molecule has 5 heteroatoms. The first-order valence-corrected chi connectivity index (χ1v) is 12.0. The Balaban J connectivity index is 2.17. The Hall–Kier alpha value is -2.82. The van der Waals surface area contributed by atoms with Gasteiger partial charge in [-0.1, -0.05) is 65.7 Å². The Bertz CT molecular complexity index is 912. The first-order valence-electron chi connectivity index (χ1n) is 12.0. The van der Waals surface area contributed by atoms with E-state index in [0.29, 0.717) is 30.1 Å². The second-order valence-electron chi connectivity index (χ2n) is 9.47. The molecule has 1 unspecified atom stereocenters. The normalized spacial score (nSPS) is 12.2. The van der Waals surface area contributed by atoms with Crippen molar-refractivity contribution < 1.29 is 19.1 Å². The van der Waals surface area contributed by atoms with Crippen LogP contribution in [0, 0.1) is 0 Å². The van der Waals surface area contributed by atoms with Gasteiger partial charge in [-0.05, 0) is 60.6 Å². The van der Waals surface area contributed by atoms with Crippen LogP contribution < -0.4 is 10.1 Å². The van der Waals surface area contributed by atoms with Gasteiger partial charge in [0.15, 0.2) is 0 Å². The predicted octanol–water partition coefficient (Wildman–Crippen LogP) is 6.61. The van der Waals surface area contributed by atoms with Crippen molar-refractivity contribution in [3.63, 3.8) is 0 Å². The summed E-state index contributed by atoms with van der Waals surface area (Å²) in [7, 11) is 0. The summed E-state index contributed by atoms with van der Waals surface area (Å²) in [5, 5.41) is 3.03. The number of hydrogen-bond acceptors (Lipinski definition) is 4. The number of rotatable bonds is 11. The van der Waals surface area contributed by atoms with E-state index < -0.39 is 5.97 Å². The van der Waals surface area contributed by atoms with Crippen LogP contribution in [0.15, 0.2) is 42.5 Å². The second-order valence-corrected chi connectivity index (χ2v) is 9.47. The van der Waals surface area contributed by atoms with Gasteiger partial charge in [0.1, 0.15) is 11.3 Å². The van der Waals surface area contributed by atoms with Crippen LogP contribution in [0.4, 0.5) is 0 Å². The second kappa shape index (κ2) is 12.4. The molecule has 1 atom stereocenters. The van der Waals surface area contributed by atoms with Crippen LogP contribution in [0.25, 0.3) is 0 Å². The lowest BCUT2D eigenvalue weighted by Gasteiger charge is -2.20. The van der Waals surface area contributed by atoms with E-state index in [-0.39, 0.29) is 17.4 Å². The molecule has 0 spiro atoms. The molecule has 0 radical (unpaired) electrons. The summed E-state index contributed by atoms with van der Waals surface area (Å²) in [6.45, 7) is 13.4. The van der Waals surface area contributed by atoms with Crippen LogP contribution in [0.2, 0.25) is 0 Å². The molecule has 0 saturated heterocycles. The molecule has 2 aromatic rings. The molecular weight excluding hydrogens is 414 g/mol. The Kier molecular flexibility index (Phi) is 9.95. The fourth-order valence-electron chi connectivity index (χ4n) is 3.30. The third-order valence-corrected chi connectivity index (χ3v) is 5.57. The molecular formula is C28H39NO4. The third kappa shape index (κ3) is 7.92. The van der Waals surface area contributed by atoms with Gasteiger partial charge < -0.3 is 14.8 Å². The molecule has 180 valence electrons. The van der Waals surface area contributed by atoms with Crippen LogP contribution in [-0.4, -0.2) is 25.1 Å². The van der Waals surface area contributed by atoms with E-state index in [0.717, 1.165) is 31.2 Å². The highest BCUT2D eigenvalue weighted by Crippen LogP contribution is 2.26. The van der Waals surface area contributed by atoms with Crippen LogP contribution >= 0.6 is 0 Å². The zero-order chi connectivity index (χ0) is 24.4. The molecule has 0 aliphatic rings. The number of benzene rings is 2. The molecule has 2 rings (SSSR count). The maximum atomic E-state index is 12.8. The maximum absolute atomic E-state index is 12.8. The lowest BCUT2D eigenvalue weighted by atomic mass is 9.86. The van der Waals surface area contributed by atoms with Crippen LogP contribution in [0.3, 0.4) is 0 Å². The summed E-state index contributed by atoms with van der Waals surface area (Å²) in [6, 6.07) is 12.8. The lowest BCUT2D eigenvalue weighted by molar-refractivity contribution is 0.0495. The van der Waals surface area contributed by atoms with E-state index in [1.165, 1.54) is 5.56 Å². The van der Waals surface area contributed by atoms with E-state index in [1.54, 1.807) is 12.1 Å². The van der Waals surface area contributed by atoms with Gasteiger partial charge in [0, 0.05) is 5.56 Å². The highest BCUT2D eigenvalue weighted by atomic mass is 16.5. The molecule has 0 saturated carbocycles. The van der Waals surface area contributed by atoms with E-state index in [4.69, 9.17) is 9.47 Å². The number of unbranched alkanes of at least 4 members (excludes halogenated alkanes) is 2. The molecule has 1 N–H and O–H groups in total. The minimum Gasteiger partial charge on any atom is -0.493 e. The highest BCUT2D eigenvalue weighted by Gasteiger charge is 2.19. The molecule has 2 aromatic carbocycles. The molecule has 5 nitrogen and oxygen atoms in total. The number of esters is 1. The Morgan fingerprint density at radius 1 is 0.939 bits per heavy atom. The van der Waals surface area contributed by atoms with Crippen molar-refractivity contribution in [2.45, 2.75) is 78.7 Å². The minimum atomic E-state index is -0.395. The van der Waals surface area contributed by atoms with Gasteiger partial charge in [-0.25, -0.2) is 4.79 Å². The number of amides is 1. The first kappa shape index (κ1) is 26.4. The molecule has 0 heterocycles. The summed E-state index contributed by atoms with van der Waals surface area (Å²) in [4.78, 5) is 25.5. The van der Waals surface area contributed by atoms with E-state index >= 15 is 0 Å². The standard InChI is InChI=1S/C28H39NO4/c1-7-9-17-32-25-16-13-22(19-24(25)27(31)33-18-10-8-2)20(3)29-26(30)21-11-14-23(15-12-21)28(4,5)6/h11-16,19-20H,7-10,17-18H2,1-6H3,(H,29,30). The summed E-state index contributed by atoms with van der Waals surface area (Å²) in [5.74, 6) is -0.0311. The minimum absolute atomic E-state index is 0.0331. The van der Waals surface area contributed by atoms with Crippen molar-refractivity contribution in [2.24, 2.45) is 0 Å². The molecule has 0 fully saturated rings. The molecule has 0 aromatic heterocycles. The SMILES string of the molecule is CCCCOC(=O)c1cc(C(C)NC(=O)c2ccc(C(C)(C)C)cc2)ccc1OCCCC. The van der Waals surface area contributed by atoms with E-state index in [1.807, 2.05) is 37.3 Å². The number of hydrogen-bond donors (Lipinski definition) is 1. The third-order valence-electron chi connectivity index (χ3n) is 5.57. The highest BCUT2D eigenvalue weighted by molar-refractivity contribution is 5.95. The maximum Gasteiger partial charge on any atom is 0.341 e. The number of carbonyl (C=O) groups excluding carboxylic acids is 2. The van der Waals surface area contributed by atoms with Gasteiger partial charge >= 0.3 is 5.97 Å². The van der Waals surface area contributed by atoms with Crippen molar-refractivity contribution in [3.05, 3.63) is 64.7 Å². The Morgan fingerprint density at radius 2 is 1.58 bits per heavy atom. The lowest BCUT2D eigenvalue weighted by Crippen LogP contribution is -2.27. The number of nitrogens with one attached hydrogen (secondary N) is 1. The summed E-state index contributed by atoms with van der Waals surface area (Å²) in [6.07, 6.45) is 3.69. The summed E-state index contributed by atoms with van der Waals surface area (Å²) < 4.78 is 11.3. The number of ether oxygens (including phenoxy) is 2. The van der Waals surface area contributed by atoms with Crippen LogP contribution in [0.5, 0.6) is 5.75 Å². The molecule has 0 aliphatic carbocycles. The first-order chi connectivity index (χ1) is 15.7. The van der Waals surface area contributed by atoms with Gasteiger partial charge in [-0.3, -0.25) is 4.79 Å². The van der Waals surface area contributed by atoms with Gasteiger partial charge in [0.2, 0.25) is 0 Å². The van der Waals surface area contributed by atoms with Crippen molar-refractivity contribution in [1.82, 2.24) is 5.32 Å². The molecule has 33 heavy (non-hydrogen) atoms. The van der Waals surface area contributed by atoms with Gasteiger partial charge in [0.25, 0.3) is 5.91 Å². The quantitative estimate of drug-likeness (QED) is 0.307. The zero-order valence-corrected chi connectivity index (χ0v) is 21.0. The summed E-state index contributed by atoms with van der Waals surface area (Å²) >= 11 is 0. The topological polar surface area (TPSA) is 64.6 Å². The molecule has 0 bridgehead atoms. The Labute approximate surface area is 198 Å². The van der Waals surface area contributed by atoms with Gasteiger partial charge in [-0.2, -0.15) is 0 Å². The van der Waals surface area contributed by atoms with Crippen molar-refractivity contribution >= 4 is 11.9 Å². The average molecular weight is 454 g/mol. The van der Waals surface area contributed by atoms with Crippen molar-refractivity contribution in [1.29, 1.82) is 0 Å². The zero-order valence-electron chi connectivity index (χ0n) is 21.0. The monoisotopic (exact) mass is 453 g/mol. The Morgan fingerprint density at radius 3 is 2.18 bits per heavy atom. The molecule has 0 aliphatic heterocycles. The van der Waals surface area contributed by atoms with E-state index in [2.05, 4.69) is 39.9 Å². The van der Waals surface area contributed by atoms with Crippen molar-refractivity contribution in [2.75, 3.05) is 13.2 Å². The van der Waals surface area contributed by atoms with Crippen LogP contribution in [0.1, 0.15) is 105 Å². The summed E-state index contributed by atoms with van der Waals surface area (Å²) in [5.41, 5.74) is 3.03. The average Bonchev–Trinajstić information content (AvgIpc) is 2.79. The van der Waals surface area contributed by atoms with Crippen LogP contribution in [-0.2, 0) is 10.2 Å². The van der Waals surface area contributed by atoms with Gasteiger partial charge in [-0.15, -0.1) is 0 Å². The fraction of sp³-hybridized carbons (Fsp3) is 0.500. The van der Waals surface area contributed by atoms with Gasteiger partial charge in [0.05, 0.1) is 19.3 Å². The van der Waals surface area contributed by atoms with Crippen molar-refractivity contribution in [3.8, 4) is 5.75 Å². The largest absolute Gasteiger partial charge is 0.493 e. The van der Waals surface area contributed by atoms with E-state index in [9.17, 15) is 9.59 Å². The molecule has 1 amide bonds. The smallest absolute Gasteiger partial charge is 0.341 e. The number of carbonyl (C=O) groups is 2.